The highest BCUT2D eigenvalue weighted by molar-refractivity contribution is 5.58. The third-order valence-electron chi connectivity index (χ3n) is 2.41. The standard InChI is InChI=1S/C12H10N4/c1-2-4-10(5-3-1)12-6-7-16(15-12)11-8-13-14-9-11/h1-9H,(H,13,14). The summed E-state index contributed by atoms with van der Waals surface area (Å²) >= 11 is 0. The lowest BCUT2D eigenvalue weighted by Crippen LogP contribution is -1.92. The number of aromatic nitrogens is 4. The van der Waals surface area contributed by atoms with Gasteiger partial charge in [-0.15, -0.1) is 0 Å². The molecule has 2 heterocycles. The fourth-order valence-electron chi connectivity index (χ4n) is 1.60. The predicted octanol–water partition coefficient (Wildman–Crippen LogP) is 2.26. The fourth-order valence-corrected chi connectivity index (χ4v) is 1.60. The number of hydrogen-bond donors (Lipinski definition) is 1. The number of benzene rings is 1. The zero-order chi connectivity index (χ0) is 10.8. The Kier molecular flexibility index (Phi) is 2.04. The van der Waals surface area contributed by atoms with Crippen LogP contribution in [0.15, 0.2) is 55.0 Å². The molecule has 4 heteroatoms. The number of H-pyrrole nitrogens is 1. The van der Waals surface area contributed by atoms with Crippen LogP contribution in [0.5, 0.6) is 0 Å². The van der Waals surface area contributed by atoms with Gasteiger partial charge in [-0.25, -0.2) is 4.68 Å². The molecule has 0 aliphatic heterocycles. The normalized spacial score (nSPS) is 10.5. The van der Waals surface area contributed by atoms with Crippen molar-refractivity contribution in [2.45, 2.75) is 0 Å². The summed E-state index contributed by atoms with van der Waals surface area (Å²) in [4.78, 5) is 0. The first-order valence-electron chi connectivity index (χ1n) is 5.04. The van der Waals surface area contributed by atoms with Crippen molar-refractivity contribution >= 4 is 0 Å². The van der Waals surface area contributed by atoms with E-state index in [-0.39, 0.29) is 0 Å². The molecule has 0 aliphatic carbocycles. The summed E-state index contributed by atoms with van der Waals surface area (Å²) in [6.07, 6.45) is 5.47. The van der Waals surface area contributed by atoms with E-state index in [0.29, 0.717) is 0 Å². The van der Waals surface area contributed by atoms with Crippen molar-refractivity contribution in [3.63, 3.8) is 0 Å². The Morgan fingerprint density at radius 2 is 1.94 bits per heavy atom. The Morgan fingerprint density at radius 1 is 1.06 bits per heavy atom. The Bertz CT molecular complexity index is 566. The molecule has 78 valence electrons. The SMILES string of the molecule is c1ccc(-c2ccn(-c3cn[nH]c3)n2)cc1. The Labute approximate surface area is 92.6 Å². The van der Waals surface area contributed by atoms with Gasteiger partial charge in [-0.1, -0.05) is 30.3 Å². The number of nitrogens with one attached hydrogen (secondary N) is 1. The van der Waals surface area contributed by atoms with Crippen molar-refractivity contribution in [3.05, 3.63) is 55.0 Å². The highest BCUT2D eigenvalue weighted by atomic mass is 15.3. The number of nitrogens with zero attached hydrogens (tertiary/aromatic N) is 3. The van der Waals surface area contributed by atoms with E-state index in [1.165, 1.54) is 0 Å². The molecule has 0 bridgehead atoms. The lowest BCUT2D eigenvalue weighted by Gasteiger charge is -1.96. The molecule has 0 fully saturated rings. The third-order valence-corrected chi connectivity index (χ3v) is 2.41. The number of rotatable bonds is 2. The van der Waals surface area contributed by atoms with Crippen LogP contribution < -0.4 is 0 Å². The summed E-state index contributed by atoms with van der Waals surface area (Å²) in [7, 11) is 0. The molecule has 2 aromatic heterocycles. The highest BCUT2D eigenvalue weighted by Crippen LogP contribution is 2.17. The summed E-state index contributed by atoms with van der Waals surface area (Å²) in [6.45, 7) is 0. The first kappa shape index (κ1) is 8.91. The van der Waals surface area contributed by atoms with Crippen LogP contribution in [0.3, 0.4) is 0 Å². The van der Waals surface area contributed by atoms with Crippen molar-refractivity contribution in [1.29, 1.82) is 0 Å². The molecule has 3 aromatic rings. The van der Waals surface area contributed by atoms with Gasteiger partial charge in [-0.05, 0) is 6.07 Å². The molecule has 0 unspecified atom stereocenters. The largest absolute Gasteiger partial charge is 0.283 e. The predicted molar refractivity (Wildman–Crippen MR) is 61.1 cm³/mol. The molecule has 0 radical (unpaired) electrons. The number of aromatic amines is 1. The zero-order valence-electron chi connectivity index (χ0n) is 8.54. The second-order valence-corrected chi connectivity index (χ2v) is 3.47. The van der Waals surface area contributed by atoms with Crippen LogP contribution in [0.4, 0.5) is 0 Å². The van der Waals surface area contributed by atoms with Crippen molar-refractivity contribution in [2.75, 3.05) is 0 Å². The molecule has 0 saturated heterocycles. The number of hydrogen-bond acceptors (Lipinski definition) is 2. The summed E-state index contributed by atoms with van der Waals surface area (Å²) in [5.41, 5.74) is 3.01. The molecular formula is C12H10N4. The zero-order valence-corrected chi connectivity index (χ0v) is 8.54. The van der Waals surface area contributed by atoms with E-state index < -0.39 is 0 Å². The van der Waals surface area contributed by atoms with Gasteiger partial charge in [0.05, 0.1) is 11.9 Å². The van der Waals surface area contributed by atoms with Crippen molar-refractivity contribution < 1.29 is 0 Å². The van der Waals surface area contributed by atoms with E-state index in [9.17, 15) is 0 Å². The molecule has 1 N–H and O–H groups in total. The Hall–Kier alpha value is -2.36. The van der Waals surface area contributed by atoms with Crippen molar-refractivity contribution in [2.24, 2.45) is 0 Å². The van der Waals surface area contributed by atoms with Gasteiger partial charge in [0.15, 0.2) is 0 Å². The maximum Gasteiger partial charge on any atom is 0.102 e. The highest BCUT2D eigenvalue weighted by Gasteiger charge is 2.03. The molecule has 0 aliphatic rings. The molecule has 3 rings (SSSR count). The van der Waals surface area contributed by atoms with Crippen LogP contribution >= 0.6 is 0 Å². The van der Waals surface area contributed by atoms with Crippen LogP contribution in [-0.2, 0) is 0 Å². The Morgan fingerprint density at radius 3 is 2.69 bits per heavy atom. The maximum absolute atomic E-state index is 4.48. The molecule has 0 spiro atoms. The van der Waals surface area contributed by atoms with E-state index in [0.717, 1.165) is 16.9 Å². The molecular weight excluding hydrogens is 200 g/mol. The van der Waals surface area contributed by atoms with Gasteiger partial charge >= 0.3 is 0 Å². The van der Waals surface area contributed by atoms with Gasteiger partial charge in [0.1, 0.15) is 5.69 Å². The molecule has 0 saturated carbocycles. The summed E-state index contributed by atoms with van der Waals surface area (Å²) in [6, 6.07) is 12.1. The minimum atomic E-state index is 0.933. The second-order valence-electron chi connectivity index (χ2n) is 3.47. The van der Waals surface area contributed by atoms with E-state index in [4.69, 9.17) is 0 Å². The average molecular weight is 210 g/mol. The van der Waals surface area contributed by atoms with Gasteiger partial charge in [-0.2, -0.15) is 10.2 Å². The summed E-state index contributed by atoms with van der Waals surface area (Å²) in [5, 5.41) is 11.1. The summed E-state index contributed by atoms with van der Waals surface area (Å²) in [5.74, 6) is 0. The van der Waals surface area contributed by atoms with E-state index in [1.807, 2.05) is 48.8 Å². The molecule has 0 amide bonds. The van der Waals surface area contributed by atoms with Crippen molar-refractivity contribution in [1.82, 2.24) is 20.0 Å². The molecule has 1 aromatic carbocycles. The van der Waals surface area contributed by atoms with Crippen molar-refractivity contribution in [3.8, 4) is 16.9 Å². The maximum atomic E-state index is 4.48. The third kappa shape index (κ3) is 1.50. The molecule has 4 nitrogen and oxygen atoms in total. The fraction of sp³-hybridized carbons (Fsp3) is 0. The summed E-state index contributed by atoms with van der Waals surface area (Å²) < 4.78 is 1.80. The van der Waals surface area contributed by atoms with E-state index in [1.54, 1.807) is 10.9 Å². The average Bonchev–Trinajstić information content (AvgIpc) is 3.01. The monoisotopic (exact) mass is 210 g/mol. The van der Waals surface area contributed by atoms with E-state index in [2.05, 4.69) is 15.3 Å². The van der Waals surface area contributed by atoms with Crippen LogP contribution in [0.25, 0.3) is 16.9 Å². The van der Waals surface area contributed by atoms with Gasteiger partial charge in [0, 0.05) is 18.0 Å². The smallest absolute Gasteiger partial charge is 0.102 e. The minimum absolute atomic E-state index is 0.933. The molecule has 16 heavy (non-hydrogen) atoms. The van der Waals surface area contributed by atoms with Crippen LogP contribution in [-0.4, -0.2) is 20.0 Å². The van der Waals surface area contributed by atoms with Crippen LogP contribution in [0, 0.1) is 0 Å². The van der Waals surface area contributed by atoms with E-state index >= 15 is 0 Å². The topological polar surface area (TPSA) is 46.5 Å². The minimum Gasteiger partial charge on any atom is -0.283 e. The van der Waals surface area contributed by atoms with Gasteiger partial charge in [-0.3, -0.25) is 5.10 Å². The van der Waals surface area contributed by atoms with Crippen LogP contribution in [0.1, 0.15) is 0 Å². The molecule has 0 atom stereocenters. The van der Waals surface area contributed by atoms with Gasteiger partial charge < -0.3 is 0 Å². The Balaban J connectivity index is 2.00. The first-order chi connectivity index (χ1) is 7.93. The van der Waals surface area contributed by atoms with Gasteiger partial charge in [0.2, 0.25) is 0 Å². The first-order valence-corrected chi connectivity index (χ1v) is 5.04. The second kappa shape index (κ2) is 3.66. The van der Waals surface area contributed by atoms with Crippen LogP contribution in [0.2, 0.25) is 0 Å². The lowest BCUT2D eigenvalue weighted by molar-refractivity contribution is 0.885. The lowest BCUT2D eigenvalue weighted by atomic mass is 10.2. The van der Waals surface area contributed by atoms with Gasteiger partial charge in [0.25, 0.3) is 0 Å². The quantitative estimate of drug-likeness (QED) is 0.705.